The summed E-state index contributed by atoms with van der Waals surface area (Å²) in [6, 6.07) is 12.0. The van der Waals surface area contributed by atoms with E-state index in [9.17, 15) is 9.59 Å². The molecule has 0 fully saturated rings. The summed E-state index contributed by atoms with van der Waals surface area (Å²) in [5.74, 6) is -2.34. The van der Waals surface area contributed by atoms with Crippen LogP contribution in [0.3, 0.4) is 0 Å². The van der Waals surface area contributed by atoms with Crippen LogP contribution in [0.5, 0.6) is 0 Å². The van der Waals surface area contributed by atoms with Gasteiger partial charge in [-0.2, -0.15) is 0 Å². The Balaban J connectivity index is 0.000000280. The van der Waals surface area contributed by atoms with Gasteiger partial charge in [0.25, 0.3) is 0 Å². The number of carbonyl (C=O) groups is 2. The SMILES string of the molecule is O=C(O)COCC(=O)O.c1ccccc1. The number of rotatable bonds is 4. The second-order valence-electron chi connectivity index (χ2n) is 2.43. The molecule has 0 unspecified atom stereocenters. The molecule has 1 aromatic rings. The van der Waals surface area contributed by atoms with Gasteiger partial charge in [0.15, 0.2) is 0 Å². The van der Waals surface area contributed by atoms with Crippen molar-refractivity contribution < 1.29 is 24.5 Å². The molecule has 0 aliphatic carbocycles. The molecule has 5 nitrogen and oxygen atoms in total. The van der Waals surface area contributed by atoms with Gasteiger partial charge in [-0.3, -0.25) is 0 Å². The van der Waals surface area contributed by atoms with Crippen LogP contribution in [-0.4, -0.2) is 35.4 Å². The number of hydrogen-bond donors (Lipinski definition) is 2. The second kappa shape index (κ2) is 8.71. The first kappa shape index (κ1) is 13.1. The first-order chi connectivity index (χ1) is 7.13. The van der Waals surface area contributed by atoms with E-state index in [1.807, 2.05) is 36.4 Å². The Morgan fingerprint density at radius 3 is 1.27 bits per heavy atom. The zero-order valence-corrected chi connectivity index (χ0v) is 8.00. The van der Waals surface area contributed by atoms with E-state index in [2.05, 4.69) is 4.74 Å². The van der Waals surface area contributed by atoms with Crippen LogP contribution in [-0.2, 0) is 14.3 Å². The van der Waals surface area contributed by atoms with Crippen LogP contribution >= 0.6 is 0 Å². The van der Waals surface area contributed by atoms with Crippen molar-refractivity contribution in [3.8, 4) is 0 Å². The average Bonchev–Trinajstić information content (AvgIpc) is 2.20. The number of carboxylic acids is 2. The van der Waals surface area contributed by atoms with Crippen molar-refractivity contribution in [3.63, 3.8) is 0 Å². The Hall–Kier alpha value is -1.88. The largest absolute Gasteiger partial charge is 0.480 e. The lowest BCUT2D eigenvalue weighted by Gasteiger charge is -1.92. The third-order valence-corrected chi connectivity index (χ3v) is 1.12. The highest BCUT2D eigenvalue weighted by Crippen LogP contribution is 1.79. The van der Waals surface area contributed by atoms with Crippen molar-refractivity contribution in [1.29, 1.82) is 0 Å². The predicted molar refractivity (Wildman–Crippen MR) is 52.5 cm³/mol. The molecule has 0 heterocycles. The fraction of sp³-hybridized carbons (Fsp3) is 0.200. The van der Waals surface area contributed by atoms with Crippen LogP contribution < -0.4 is 0 Å². The summed E-state index contributed by atoms with van der Waals surface area (Å²) in [5, 5.41) is 15.8. The normalized spacial score (nSPS) is 8.53. The molecule has 1 rings (SSSR count). The fourth-order valence-corrected chi connectivity index (χ4v) is 0.611. The molecule has 0 spiro atoms. The van der Waals surface area contributed by atoms with E-state index in [0.717, 1.165) is 0 Å². The predicted octanol–water partition coefficient (Wildman–Crippen LogP) is 0.859. The molecule has 0 bridgehead atoms. The van der Waals surface area contributed by atoms with Gasteiger partial charge in [0, 0.05) is 0 Å². The quantitative estimate of drug-likeness (QED) is 0.773. The molecule has 82 valence electrons. The van der Waals surface area contributed by atoms with Gasteiger partial charge < -0.3 is 14.9 Å². The fourth-order valence-electron chi connectivity index (χ4n) is 0.611. The highest BCUT2D eigenvalue weighted by atomic mass is 16.5. The maximum atomic E-state index is 9.66. The molecule has 0 aliphatic rings. The zero-order chi connectivity index (χ0) is 11.5. The van der Waals surface area contributed by atoms with Gasteiger partial charge in [-0.05, 0) is 0 Å². The van der Waals surface area contributed by atoms with Gasteiger partial charge in [-0.25, -0.2) is 9.59 Å². The van der Waals surface area contributed by atoms with Crippen LogP contribution in [0.25, 0.3) is 0 Å². The van der Waals surface area contributed by atoms with Gasteiger partial charge in [0.05, 0.1) is 0 Å². The number of ether oxygens (including phenoxy) is 1. The Morgan fingerprint density at radius 2 is 1.07 bits per heavy atom. The molecule has 0 saturated heterocycles. The van der Waals surface area contributed by atoms with Crippen molar-refractivity contribution in [2.75, 3.05) is 13.2 Å². The van der Waals surface area contributed by atoms with Crippen LogP contribution in [0.2, 0.25) is 0 Å². The second-order valence-corrected chi connectivity index (χ2v) is 2.43. The van der Waals surface area contributed by atoms with E-state index in [1.165, 1.54) is 0 Å². The molecule has 0 aliphatic heterocycles. The molecule has 15 heavy (non-hydrogen) atoms. The molecule has 1 aromatic carbocycles. The summed E-state index contributed by atoms with van der Waals surface area (Å²) in [4.78, 5) is 19.3. The van der Waals surface area contributed by atoms with Crippen molar-refractivity contribution in [3.05, 3.63) is 36.4 Å². The van der Waals surface area contributed by atoms with Crippen molar-refractivity contribution in [1.82, 2.24) is 0 Å². The standard InChI is InChI=1S/C6H6.C4H6O5/c1-2-4-6-5-3-1;5-3(6)1-9-2-4(7)8/h1-6H;1-2H2,(H,5,6)(H,7,8). The zero-order valence-electron chi connectivity index (χ0n) is 8.00. The maximum absolute atomic E-state index is 9.66. The average molecular weight is 212 g/mol. The van der Waals surface area contributed by atoms with E-state index >= 15 is 0 Å². The van der Waals surface area contributed by atoms with E-state index in [-0.39, 0.29) is 0 Å². The summed E-state index contributed by atoms with van der Waals surface area (Å²) in [5.41, 5.74) is 0. The van der Waals surface area contributed by atoms with Gasteiger partial charge in [0.1, 0.15) is 13.2 Å². The monoisotopic (exact) mass is 212 g/mol. The van der Waals surface area contributed by atoms with Crippen LogP contribution in [0, 0.1) is 0 Å². The van der Waals surface area contributed by atoms with E-state index in [4.69, 9.17) is 10.2 Å². The number of aliphatic carboxylic acids is 2. The van der Waals surface area contributed by atoms with Crippen LogP contribution in [0.4, 0.5) is 0 Å². The third kappa shape index (κ3) is 12.1. The number of carboxylic acid groups (broad SMARTS) is 2. The van der Waals surface area contributed by atoms with E-state index < -0.39 is 25.2 Å². The van der Waals surface area contributed by atoms with E-state index in [0.29, 0.717) is 0 Å². The Morgan fingerprint density at radius 1 is 0.800 bits per heavy atom. The van der Waals surface area contributed by atoms with Gasteiger partial charge in [0.2, 0.25) is 0 Å². The molecule has 0 aromatic heterocycles. The van der Waals surface area contributed by atoms with Crippen molar-refractivity contribution >= 4 is 11.9 Å². The summed E-state index contributed by atoms with van der Waals surface area (Å²) < 4.78 is 4.16. The van der Waals surface area contributed by atoms with Gasteiger partial charge >= 0.3 is 11.9 Å². The Labute approximate surface area is 86.9 Å². The highest BCUT2D eigenvalue weighted by molar-refractivity contribution is 5.70. The minimum atomic E-state index is -1.17. The summed E-state index contributed by atoms with van der Waals surface area (Å²) in [7, 11) is 0. The summed E-state index contributed by atoms with van der Waals surface area (Å²) in [6.45, 7) is -1.13. The first-order valence-electron chi connectivity index (χ1n) is 4.14. The van der Waals surface area contributed by atoms with E-state index in [1.54, 1.807) is 0 Å². The molecular formula is C10H12O5. The minimum Gasteiger partial charge on any atom is -0.480 e. The van der Waals surface area contributed by atoms with Gasteiger partial charge in [-0.1, -0.05) is 36.4 Å². The van der Waals surface area contributed by atoms with Crippen molar-refractivity contribution in [2.45, 2.75) is 0 Å². The molecule has 0 atom stereocenters. The molecular weight excluding hydrogens is 200 g/mol. The summed E-state index contributed by atoms with van der Waals surface area (Å²) in [6.07, 6.45) is 0. The Bertz CT molecular complexity index is 242. The number of benzene rings is 1. The van der Waals surface area contributed by atoms with Gasteiger partial charge in [-0.15, -0.1) is 0 Å². The molecule has 2 N–H and O–H groups in total. The van der Waals surface area contributed by atoms with Crippen LogP contribution in [0.1, 0.15) is 0 Å². The first-order valence-corrected chi connectivity index (χ1v) is 4.14. The number of hydrogen-bond acceptors (Lipinski definition) is 3. The van der Waals surface area contributed by atoms with Crippen molar-refractivity contribution in [2.24, 2.45) is 0 Å². The third-order valence-electron chi connectivity index (χ3n) is 1.12. The molecule has 0 saturated carbocycles. The lowest BCUT2D eigenvalue weighted by Crippen LogP contribution is -2.13. The van der Waals surface area contributed by atoms with Crippen LogP contribution in [0.15, 0.2) is 36.4 Å². The smallest absolute Gasteiger partial charge is 0.329 e. The highest BCUT2D eigenvalue weighted by Gasteiger charge is 1.98. The summed E-state index contributed by atoms with van der Waals surface area (Å²) >= 11 is 0. The maximum Gasteiger partial charge on any atom is 0.329 e. The lowest BCUT2D eigenvalue weighted by molar-refractivity contribution is -0.148. The molecule has 0 radical (unpaired) electrons. The molecule has 0 amide bonds. The lowest BCUT2D eigenvalue weighted by atomic mass is 10.4. The Kier molecular flexibility index (Phi) is 7.62. The minimum absolute atomic E-state index is 0.563. The topological polar surface area (TPSA) is 83.8 Å². The molecule has 5 heteroatoms.